The zero-order chi connectivity index (χ0) is 28.3. The fourth-order valence-corrected chi connectivity index (χ4v) is 5.48. The number of carbonyl (C=O) groups excluding carboxylic acids is 3. The lowest BCUT2D eigenvalue weighted by molar-refractivity contribution is -0.118. The highest BCUT2D eigenvalue weighted by atomic mass is 32.2. The van der Waals surface area contributed by atoms with Crippen LogP contribution in [-0.4, -0.2) is 45.1 Å². The number of rotatable bonds is 9. The number of hydrogen-bond acceptors (Lipinski definition) is 7. The Kier molecular flexibility index (Phi) is 7.73. The maximum Gasteiger partial charge on any atom is 0.338 e. The van der Waals surface area contributed by atoms with Gasteiger partial charge in [-0.15, -0.1) is 0 Å². The van der Waals surface area contributed by atoms with E-state index in [0.29, 0.717) is 33.8 Å². The molecule has 1 atom stereocenters. The number of esters is 1. The molecule has 202 valence electrons. The molecule has 0 saturated carbocycles. The third-order valence-corrected chi connectivity index (χ3v) is 7.34. The first kappa shape index (κ1) is 27.4. The largest absolute Gasteiger partial charge is 0.462 e. The van der Waals surface area contributed by atoms with Gasteiger partial charge in [0.15, 0.2) is 0 Å². The summed E-state index contributed by atoms with van der Waals surface area (Å²) >= 11 is 0. The van der Waals surface area contributed by atoms with Crippen molar-refractivity contribution in [3.05, 3.63) is 89.5 Å². The first-order valence-electron chi connectivity index (χ1n) is 12.1. The van der Waals surface area contributed by atoms with Gasteiger partial charge in [-0.05, 0) is 55.8 Å². The van der Waals surface area contributed by atoms with Crippen LogP contribution in [0.25, 0.3) is 11.3 Å². The molecule has 0 fully saturated rings. The first-order valence-corrected chi connectivity index (χ1v) is 13.9. The van der Waals surface area contributed by atoms with E-state index in [1.54, 1.807) is 49.4 Å². The Labute approximate surface area is 226 Å². The number of fused-ring (bicyclic) bond motifs is 1. The quantitative estimate of drug-likeness (QED) is 0.274. The summed E-state index contributed by atoms with van der Waals surface area (Å²) in [5.41, 5.74) is 9.21. The second-order valence-electron chi connectivity index (χ2n) is 8.86. The van der Waals surface area contributed by atoms with Gasteiger partial charge in [-0.3, -0.25) is 13.9 Å². The standard InChI is InChI=1S/C28H28N4O6S/c1-4-38-28(35)19-10-15-22-23(16-19)31-27(34)24(22)25(18-8-6-5-7-9-18)30-20-11-13-21(14-12-20)32(39(3,36)37)17(2)26(29)33/h5-17,30H,4H2,1-3H3,(H2,29,33)(H,31,34). The van der Waals surface area contributed by atoms with Crippen LogP contribution in [0.2, 0.25) is 0 Å². The van der Waals surface area contributed by atoms with E-state index >= 15 is 0 Å². The fraction of sp³-hybridized carbons (Fsp3) is 0.179. The third kappa shape index (κ3) is 5.78. The number of sulfonamides is 1. The lowest BCUT2D eigenvalue weighted by Gasteiger charge is -2.27. The predicted octanol–water partition coefficient (Wildman–Crippen LogP) is 3.44. The van der Waals surface area contributed by atoms with Gasteiger partial charge in [0.2, 0.25) is 15.9 Å². The fourth-order valence-electron chi connectivity index (χ4n) is 4.30. The van der Waals surface area contributed by atoms with Crippen LogP contribution in [0.1, 0.15) is 35.3 Å². The van der Waals surface area contributed by atoms with Gasteiger partial charge in [-0.1, -0.05) is 36.4 Å². The summed E-state index contributed by atoms with van der Waals surface area (Å²) in [6.07, 6.45) is 1.00. The van der Waals surface area contributed by atoms with Gasteiger partial charge >= 0.3 is 5.97 Å². The van der Waals surface area contributed by atoms with Crippen LogP contribution in [0.15, 0.2) is 72.8 Å². The Balaban J connectivity index is 1.76. The molecular formula is C28H28N4O6S. The second-order valence-corrected chi connectivity index (χ2v) is 10.7. The molecule has 39 heavy (non-hydrogen) atoms. The van der Waals surface area contributed by atoms with Crippen molar-refractivity contribution >= 4 is 56.1 Å². The van der Waals surface area contributed by atoms with Crippen molar-refractivity contribution in [2.75, 3.05) is 27.8 Å². The number of hydrogen-bond donors (Lipinski definition) is 3. The highest BCUT2D eigenvalue weighted by Gasteiger charge is 2.30. The lowest BCUT2D eigenvalue weighted by Crippen LogP contribution is -2.45. The minimum absolute atomic E-state index is 0.234. The van der Waals surface area contributed by atoms with Crippen LogP contribution >= 0.6 is 0 Å². The molecule has 1 heterocycles. The summed E-state index contributed by atoms with van der Waals surface area (Å²) in [5.74, 6) is -1.62. The highest BCUT2D eigenvalue weighted by Crippen LogP contribution is 2.38. The van der Waals surface area contributed by atoms with E-state index in [1.807, 2.05) is 30.3 Å². The zero-order valence-corrected chi connectivity index (χ0v) is 22.4. The Hall–Kier alpha value is -4.64. The Morgan fingerprint density at radius 2 is 1.69 bits per heavy atom. The second kappa shape index (κ2) is 11.0. The molecule has 4 N–H and O–H groups in total. The molecule has 2 amide bonds. The van der Waals surface area contributed by atoms with Crippen LogP contribution in [-0.2, 0) is 24.3 Å². The van der Waals surface area contributed by atoms with Crippen LogP contribution in [0.5, 0.6) is 0 Å². The SMILES string of the molecule is CCOC(=O)c1ccc2c(c1)NC(=O)C2=C(Nc1ccc(N(C(C)C(N)=O)S(C)(=O)=O)cc1)c1ccccc1. The van der Waals surface area contributed by atoms with Crippen molar-refractivity contribution in [2.24, 2.45) is 5.73 Å². The van der Waals surface area contributed by atoms with Gasteiger partial charge in [-0.2, -0.15) is 0 Å². The molecule has 0 radical (unpaired) electrons. The number of nitrogens with zero attached hydrogens (tertiary/aromatic N) is 1. The molecule has 4 rings (SSSR count). The number of amides is 2. The number of anilines is 3. The highest BCUT2D eigenvalue weighted by molar-refractivity contribution is 7.92. The summed E-state index contributed by atoms with van der Waals surface area (Å²) < 4.78 is 30.8. The number of nitrogens with one attached hydrogen (secondary N) is 2. The summed E-state index contributed by atoms with van der Waals surface area (Å²) in [6.45, 7) is 3.36. The minimum Gasteiger partial charge on any atom is -0.462 e. The van der Waals surface area contributed by atoms with E-state index in [9.17, 15) is 22.8 Å². The number of ether oxygens (including phenoxy) is 1. The maximum atomic E-state index is 13.2. The van der Waals surface area contributed by atoms with E-state index in [-0.39, 0.29) is 18.2 Å². The van der Waals surface area contributed by atoms with Crippen molar-refractivity contribution < 1.29 is 27.5 Å². The number of primary amides is 1. The molecule has 3 aromatic carbocycles. The van der Waals surface area contributed by atoms with E-state index in [2.05, 4.69) is 10.6 Å². The molecule has 1 aliphatic rings. The molecule has 0 bridgehead atoms. The number of carbonyl (C=O) groups is 3. The molecule has 3 aromatic rings. The third-order valence-electron chi connectivity index (χ3n) is 6.10. The van der Waals surface area contributed by atoms with E-state index in [4.69, 9.17) is 10.5 Å². The predicted molar refractivity (Wildman–Crippen MR) is 150 cm³/mol. The Morgan fingerprint density at radius 3 is 2.28 bits per heavy atom. The van der Waals surface area contributed by atoms with Crippen LogP contribution < -0.4 is 20.7 Å². The summed E-state index contributed by atoms with van der Waals surface area (Å²) in [4.78, 5) is 37.1. The van der Waals surface area contributed by atoms with Gasteiger partial charge < -0.3 is 21.1 Å². The molecule has 0 spiro atoms. The average molecular weight is 549 g/mol. The maximum absolute atomic E-state index is 13.2. The van der Waals surface area contributed by atoms with Crippen molar-refractivity contribution in [3.8, 4) is 0 Å². The molecule has 1 aliphatic heterocycles. The Bertz CT molecular complexity index is 1570. The summed E-state index contributed by atoms with van der Waals surface area (Å²) in [7, 11) is -3.79. The van der Waals surface area contributed by atoms with Gasteiger partial charge in [0, 0.05) is 11.3 Å². The van der Waals surface area contributed by atoms with Gasteiger partial charge in [0.25, 0.3) is 5.91 Å². The molecule has 11 heteroatoms. The van der Waals surface area contributed by atoms with E-state index < -0.39 is 27.9 Å². The molecular weight excluding hydrogens is 520 g/mol. The van der Waals surface area contributed by atoms with Gasteiger partial charge in [-0.25, -0.2) is 13.2 Å². The molecule has 10 nitrogen and oxygen atoms in total. The molecule has 0 aliphatic carbocycles. The summed E-state index contributed by atoms with van der Waals surface area (Å²) in [6, 6.07) is 19.4. The molecule has 1 unspecified atom stereocenters. The van der Waals surface area contributed by atoms with E-state index in [0.717, 1.165) is 16.1 Å². The van der Waals surface area contributed by atoms with Crippen molar-refractivity contribution in [1.82, 2.24) is 0 Å². The Morgan fingerprint density at radius 1 is 1.03 bits per heavy atom. The topological polar surface area (TPSA) is 148 Å². The van der Waals surface area contributed by atoms with Crippen LogP contribution in [0.4, 0.5) is 17.1 Å². The number of benzene rings is 3. The normalized spacial score (nSPS) is 14.6. The van der Waals surface area contributed by atoms with Crippen molar-refractivity contribution in [1.29, 1.82) is 0 Å². The molecule has 0 saturated heterocycles. The average Bonchev–Trinajstić information content (AvgIpc) is 3.22. The van der Waals surface area contributed by atoms with E-state index in [1.165, 1.54) is 6.92 Å². The minimum atomic E-state index is -3.79. The van der Waals surface area contributed by atoms with Crippen LogP contribution in [0, 0.1) is 0 Å². The van der Waals surface area contributed by atoms with Crippen molar-refractivity contribution in [2.45, 2.75) is 19.9 Å². The van der Waals surface area contributed by atoms with Crippen LogP contribution in [0.3, 0.4) is 0 Å². The smallest absolute Gasteiger partial charge is 0.338 e. The molecule has 0 aromatic heterocycles. The summed E-state index contributed by atoms with van der Waals surface area (Å²) in [5, 5.41) is 6.11. The van der Waals surface area contributed by atoms with Crippen molar-refractivity contribution in [3.63, 3.8) is 0 Å². The number of nitrogens with two attached hydrogens (primary N) is 1. The zero-order valence-electron chi connectivity index (χ0n) is 21.6. The van der Waals surface area contributed by atoms with Gasteiger partial charge in [0.1, 0.15) is 6.04 Å². The lowest BCUT2D eigenvalue weighted by atomic mass is 9.99. The van der Waals surface area contributed by atoms with Gasteiger partial charge in [0.05, 0.1) is 41.1 Å². The monoisotopic (exact) mass is 548 g/mol. The first-order chi connectivity index (χ1) is 18.5.